The summed E-state index contributed by atoms with van der Waals surface area (Å²) < 4.78 is 5.13. The molecule has 124 valence electrons. The summed E-state index contributed by atoms with van der Waals surface area (Å²) >= 11 is 0. The lowest BCUT2D eigenvalue weighted by Gasteiger charge is -2.09. The van der Waals surface area contributed by atoms with Crippen molar-refractivity contribution < 1.29 is 4.74 Å². The van der Waals surface area contributed by atoms with Crippen LogP contribution in [0.5, 0.6) is 5.75 Å². The molecular weight excluding hydrogens is 316 g/mol. The van der Waals surface area contributed by atoms with E-state index in [0.717, 1.165) is 11.3 Å². The summed E-state index contributed by atoms with van der Waals surface area (Å²) in [6.07, 6.45) is 0. The fourth-order valence-corrected chi connectivity index (χ4v) is 2.45. The van der Waals surface area contributed by atoms with Gasteiger partial charge < -0.3 is 10.1 Å². The van der Waals surface area contributed by atoms with E-state index >= 15 is 0 Å². The molecule has 0 amide bonds. The number of hydrogen-bond donors (Lipinski definition) is 2. The molecule has 0 unspecified atom stereocenters. The first-order valence-electron chi connectivity index (χ1n) is 7.63. The molecule has 0 radical (unpaired) electrons. The highest BCUT2D eigenvalue weighted by atomic mass is 16.5. The Kier molecular flexibility index (Phi) is 4.48. The van der Waals surface area contributed by atoms with Gasteiger partial charge in [-0.25, -0.2) is 4.98 Å². The minimum atomic E-state index is -0.488. The fraction of sp³-hybridized carbons (Fsp3) is 0.105. The number of benzene rings is 2. The first-order chi connectivity index (χ1) is 12.1. The Morgan fingerprint density at radius 2 is 1.96 bits per heavy atom. The second-order valence-corrected chi connectivity index (χ2v) is 5.47. The Hall–Kier alpha value is -3.59. The van der Waals surface area contributed by atoms with E-state index in [0.29, 0.717) is 17.0 Å². The first-order valence-corrected chi connectivity index (χ1v) is 7.63. The van der Waals surface area contributed by atoms with E-state index in [1.807, 2.05) is 37.3 Å². The summed E-state index contributed by atoms with van der Waals surface area (Å²) in [5.41, 5.74) is 2.35. The number of nitrogens with one attached hydrogen (secondary N) is 2. The van der Waals surface area contributed by atoms with E-state index < -0.39 is 5.56 Å². The van der Waals surface area contributed by atoms with Crippen LogP contribution in [0, 0.1) is 18.3 Å². The highest BCUT2D eigenvalue weighted by molar-refractivity contribution is 5.68. The number of H-pyrrole nitrogens is 1. The van der Waals surface area contributed by atoms with E-state index in [2.05, 4.69) is 15.3 Å². The summed E-state index contributed by atoms with van der Waals surface area (Å²) in [6.45, 7) is 1.98. The third kappa shape index (κ3) is 3.51. The van der Waals surface area contributed by atoms with Gasteiger partial charge in [0.2, 0.25) is 5.95 Å². The molecule has 1 aromatic heterocycles. The number of hydrogen-bond acceptors (Lipinski definition) is 5. The van der Waals surface area contributed by atoms with Crippen molar-refractivity contribution in [3.8, 4) is 23.1 Å². The average molecular weight is 332 g/mol. The molecule has 0 atom stereocenters. The van der Waals surface area contributed by atoms with Gasteiger partial charge in [0.15, 0.2) is 0 Å². The van der Waals surface area contributed by atoms with Gasteiger partial charge in [0.05, 0.1) is 12.8 Å². The largest absolute Gasteiger partial charge is 0.497 e. The lowest BCUT2D eigenvalue weighted by Crippen LogP contribution is -2.16. The molecule has 0 spiro atoms. The van der Waals surface area contributed by atoms with E-state index in [1.165, 1.54) is 0 Å². The molecule has 3 rings (SSSR count). The Labute approximate surface area is 144 Å². The lowest BCUT2D eigenvalue weighted by molar-refractivity contribution is 0.415. The smallest absolute Gasteiger partial charge is 0.270 e. The topological polar surface area (TPSA) is 90.8 Å². The van der Waals surface area contributed by atoms with Gasteiger partial charge in [-0.05, 0) is 48.9 Å². The second kappa shape index (κ2) is 6.89. The Bertz CT molecular complexity index is 1000. The minimum absolute atomic E-state index is 0.0278. The highest BCUT2D eigenvalue weighted by Gasteiger charge is 2.13. The average Bonchev–Trinajstić information content (AvgIpc) is 2.61. The molecule has 3 aromatic rings. The van der Waals surface area contributed by atoms with Crippen LogP contribution in [0.4, 0.5) is 11.6 Å². The maximum absolute atomic E-state index is 12.3. The second-order valence-electron chi connectivity index (χ2n) is 5.47. The van der Waals surface area contributed by atoms with Crippen molar-refractivity contribution in [2.24, 2.45) is 0 Å². The predicted molar refractivity (Wildman–Crippen MR) is 96.0 cm³/mol. The van der Waals surface area contributed by atoms with E-state index in [9.17, 15) is 10.1 Å². The van der Waals surface area contributed by atoms with Crippen LogP contribution in [-0.2, 0) is 0 Å². The number of nitrogens with zero attached hydrogens (tertiary/aromatic N) is 2. The van der Waals surface area contributed by atoms with Crippen molar-refractivity contribution in [2.45, 2.75) is 6.92 Å². The van der Waals surface area contributed by atoms with Crippen molar-refractivity contribution >= 4 is 11.6 Å². The summed E-state index contributed by atoms with van der Waals surface area (Å²) in [4.78, 5) is 19.3. The molecule has 25 heavy (non-hydrogen) atoms. The van der Waals surface area contributed by atoms with Gasteiger partial charge in [-0.3, -0.25) is 9.78 Å². The molecule has 1 heterocycles. The highest BCUT2D eigenvalue weighted by Crippen LogP contribution is 2.24. The number of rotatable bonds is 4. The van der Waals surface area contributed by atoms with Crippen LogP contribution >= 0.6 is 0 Å². The number of aromatic nitrogens is 2. The minimum Gasteiger partial charge on any atom is -0.497 e. The Morgan fingerprint density at radius 1 is 1.20 bits per heavy atom. The maximum Gasteiger partial charge on any atom is 0.270 e. The number of aromatic amines is 1. The number of anilines is 2. The molecular formula is C19H16N4O2. The monoisotopic (exact) mass is 332 g/mol. The van der Waals surface area contributed by atoms with E-state index in [-0.39, 0.29) is 11.5 Å². The zero-order valence-electron chi connectivity index (χ0n) is 13.8. The molecule has 6 nitrogen and oxygen atoms in total. The fourth-order valence-electron chi connectivity index (χ4n) is 2.45. The van der Waals surface area contributed by atoms with Gasteiger partial charge in [0, 0.05) is 11.3 Å². The number of methoxy groups -OCH3 is 1. The lowest BCUT2D eigenvalue weighted by atomic mass is 10.1. The SMILES string of the molecule is COc1ccc(-c2nc(Nc3cccc(C)c3)[nH]c(=O)c2C#N)cc1. The van der Waals surface area contributed by atoms with Crippen molar-refractivity contribution in [1.82, 2.24) is 9.97 Å². The van der Waals surface area contributed by atoms with Crippen LogP contribution in [0.2, 0.25) is 0 Å². The van der Waals surface area contributed by atoms with Crippen LogP contribution in [0.15, 0.2) is 53.3 Å². The first kappa shape index (κ1) is 16.3. The van der Waals surface area contributed by atoms with Crippen LogP contribution in [0.25, 0.3) is 11.3 Å². The summed E-state index contributed by atoms with van der Waals surface area (Å²) in [6, 6.07) is 16.7. The summed E-state index contributed by atoms with van der Waals surface area (Å²) in [5, 5.41) is 12.4. The van der Waals surface area contributed by atoms with Crippen molar-refractivity contribution in [3.05, 3.63) is 70.0 Å². The molecule has 6 heteroatoms. The van der Waals surface area contributed by atoms with E-state index in [1.54, 1.807) is 31.4 Å². The number of aryl methyl sites for hydroxylation is 1. The van der Waals surface area contributed by atoms with Gasteiger partial charge in [-0.15, -0.1) is 0 Å². The molecule has 0 saturated heterocycles. The van der Waals surface area contributed by atoms with Gasteiger partial charge in [0.1, 0.15) is 17.4 Å². The number of ether oxygens (including phenoxy) is 1. The molecule has 0 aliphatic heterocycles. The van der Waals surface area contributed by atoms with Crippen molar-refractivity contribution in [2.75, 3.05) is 12.4 Å². The van der Waals surface area contributed by atoms with Gasteiger partial charge in [0.25, 0.3) is 5.56 Å². The van der Waals surface area contributed by atoms with Gasteiger partial charge in [-0.2, -0.15) is 5.26 Å². The van der Waals surface area contributed by atoms with E-state index in [4.69, 9.17) is 4.74 Å². The Morgan fingerprint density at radius 3 is 2.60 bits per heavy atom. The quantitative estimate of drug-likeness (QED) is 0.764. The third-order valence-corrected chi connectivity index (χ3v) is 3.68. The molecule has 0 aliphatic carbocycles. The third-order valence-electron chi connectivity index (χ3n) is 3.68. The maximum atomic E-state index is 12.3. The van der Waals surface area contributed by atoms with Crippen molar-refractivity contribution in [1.29, 1.82) is 5.26 Å². The van der Waals surface area contributed by atoms with Crippen LogP contribution in [-0.4, -0.2) is 17.1 Å². The predicted octanol–water partition coefficient (Wildman–Crippen LogP) is 3.37. The normalized spacial score (nSPS) is 10.1. The molecule has 0 fully saturated rings. The molecule has 2 aromatic carbocycles. The molecule has 0 saturated carbocycles. The molecule has 0 bridgehead atoms. The van der Waals surface area contributed by atoms with Crippen LogP contribution < -0.4 is 15.6 Å². The zero-order chi connectivity index (χ0) is 17.8. The van der Waals surface area contributed by atoms with Gasteiger partial charge in [-0.1, -0.05) is 12.1 Å². The van der Waals surface area contributed by atoms with Crippen LogP contribution in [0.3, 0.4) is 0 Å². The van der Waals surface area contributed by atoms with Gasteiger partial charge >= 0.3 is 0 Å². The summed E-state index contributed by atoms with van der Waals surface area (Å²) in [5.74, 6) is 0.964. The van der Waals surface area contributed by atoms with Crippen LogP contribution in [0.1, 0.15) is 11.1 Å². The zero-order valence-corrected chi connectivity index (χ0v) is 13.8. The molecule has 2 N–H and O–H groups in total. The molecule has 0 aliphatic rings. The summed E-state index contributed by atoms with van der Waals surface area (Å²) in [7, 11) is 1.57. The number of nitriles is 1. The van der Waals surface area contributed by atoms with Crippen molar-refractivity contribution in [3.63, 3.8) is 0 Å². The Balaban J connectivity index is 2.06. The standard InChI is InChI=1S/C19H16N4O2/c1-12-4-3-5-14(10-12)21-19-22-17(16(11-20)18(24)23-19)13-6-8-15(25-2)9-7-13/h3-10H,1-2H3,(H2,21,22,23,24).